The van der Waals surface area contributed by atoms with Gasteiger partial charge in [-0.05, 0) is 37.0 Å². The number of rotatable bonds is 4. The van der Waals surface area contributed by atoms with Crippen molar-refractivity contribution in [2.75, 3.05) is 25.5 Å². The standard InChI is InChI=1S/C16H23FN2O/c1-19(2)15-9-8-13(10-14(15)17)16(20)18-11-12-6-4-3-5-7-12/h8-10,12H,3-7,11H2,1-2H3,(H,18,20). The highest BCUT2D eigenvalue weighted by molar-refractivity contribution is 5.94. The smallest absolute Gasteiger partial charge is 0.251 e. The first-order valence-corrected chi connectivity index (χ1v) is 7.33. The Morgan fingerprint density at radius 3 is 2.60 bits per heavy atom. The van der Waals surface area contributed by atoms with Gasteiger partial charge in [0.1, 0.15) is 5.82 Å². The highest BCUT2D eigenvalue weighted by Crippen LogP contribution is 2.23. The molecule has 1 aliphatic rings. The van der Waals surface area contributed by atoms with Crippen molar-refractivity contribution >= 4 is 11.6 Å². The Balaban J connectivity index is 1.93. The molecule has 0 bridgehead atoms. The van der Waals surface area contributed by atoms with Crippen molar-refractivity contribution in [2.24, 2.45) is 5.92 Å². The molecular weight excluding hydrogens is 255 g/mol. The molecule has 110 valence electrons. The monoisotopic (exact) mass is 278 g/mol. The Kier molecular flexibility index (Phi) is 4.99. The number of nitrogens with zero attached hydrogens (tertiary/aromatic N) is 1. The molecule has 4 heteroatoms. The largest absolute Gasteiger partial charge is 0.375 e. The first-order valence-electron chi connectivity index (χ1n) is 7.33. The van der Waals surface area contributed by atoms with E-state index in [1.54, 1.807) is 31.1 Å². The third-order valence-electron chi connectivity index (χ3n) is 3.97. The van der Waals surface area contributed by atoms with E-state index < -0.39 is 0 Å². The number of amides is 1. The van der Waals surface area contributed by atoms with E-state index >= 15 is 0 Å². The Hall–Kier alpha value is -1.58. The number of carbonyl (C=O) groups excluding carboxylic acids is 1. The van der Waals surface area contributed by atoms with E-state index in [2.05, 4.69) is 5.32 Å². The summed E-state index contributed by atoms with van der Waals surface area (Å²) in [7, 11) is 3.56. The van der Waals surface area contributed by atoms with E-state index in [1.807, 2.05) is 0 Å². The van der Waals surface area contributed by atoms with E-state index in [1.165, 1.54) is 38.2 Å². The van der Waals surface area contributed by atoms with Crippen molar-refractivity contribution in [1.29, 1.82) is 0 Å². The van der Waals surface area contributed by atoms with Gasteiger partial charge in [-0.3, -0.25) is 4.79 Å². The van der Waals surface area contributed by atoms with Crippen LogP contribution in [0.1, 0.15) is 42.5 Å². The lowest BCUT2D eigenvalue weighted by Crippen LogP contribution is -2.30. The minimum atomic E-state index is -0.361. The molecule has 1 N–H and O–H groups in total. The number of nitrogens with one attached hydrogen (secondary N) is 1. The van der Waals surface area contributed by atoms with Crippen LogP contribution < -0.4 is 10.2 Å². The minimum absolute atomic E-state index is 0.181. The maximum Gasteiger partial charge on any atom is 0.251 e. The topological polar surface area (TPSA) is 32.3 Å². The summed E-state index contributed by atoms with van der Waals surface area (Å²) in [5.41, 5.74) is 0.887. The van der Waals surface area contributed by atoms with E-state index in [4.69, 9.17) is 0 Å². The number of carbonyl (C=O) groups is 1. The lowest BCUT2D eigenvalue weighted by molar-refractivity contribution is 0.0943. The van der Waals surface area contributed by atoms with E-state index in [0.717, 1.165) is 0 Å². The summed E-state index contributed by atoms with van der Waals surface area (Å²) in [4.78, 5) is 13.7. The van der Waals surface area contributed by atoms with Crippen molar-refractivity contribution in [2.45, 2.75) is 32.1 Å². The van der Waals surface area contributed by atoms with E-state index in [0.29, 0.717) is 23.7 Å². The highest BCUT2D eigenvalue weighted by Gasteiger charge is 2.15. The number of hydrogen-bond acceptors (Lipinski definition) is 2. The summed E-state index contributed by atoms with van der Waals surface area (Å²) in [5, 5.41) is 2.93. The van der Waals surface area contributed by atoms with Gasteiger partial charge in [0.15, 0.2) is 0 Å². The third-order valence-corrected chi connectivity index (χ3v) is 3.97. The molecule has 1 aromatic carbocycles. The molecule has 2 rings (SSSR count). The maximum absolute atomic E-state index is 13.8. The fourth-order valence-electron chi connectivity index (χ4n) is 2.74. The second-order valence-corrected chi connectivity index (χ2v) is 5.77. The lowest BCUT2D eigenvalue weighted by atomic mass is 9.89. The molecule has 1 aliphatic carbocycles. The van der Waals surface area contributed by atoms with Crippen molar-refractivity contribution in [3.8, 4) is 0 Å². The molecule has 1 aromatic rings. The van der Waals surface area contributed by atoms with Gasteiger partial charge in [0.25, 0.3) is 5.91 Å². The number of halogens is 1. The number of hydrogen-bond donors (Lipinski definition) is 1. The van der Waals surface area contributed by atoms with E-state index in [9.17, 15) is 9.18 Å². The van der Waals surface area contributed by atoms with Crippen molar-refractivity contribution < 1.29 is 9.18 Å². The summed E-state index contributed by atoms with van der Waals surface area (Å²) in [6.07, 6.45) is 6.20. The van der Waals surface area contributed by atoms with Crippen molar-refractivity contribution in [1.82, 2.24) is 5.32 Å². The van der Waals surface area contributed by atoms with Gasteiger partial charge in [0, 0.05) is 26.2 Å². The molecule has 0 aliphatic heterocycles. The molecule has 1 amide bonds. The van der Waals surface area contributed by atoms with Crippen molar-refractivity contribution in [3.63, 3.8) is 0 Å². The van der Waals surface area contributed by atoms with Crippen LogP contribution in [0.2, 0.25) is 0 Å². The second-order valence-electron chi connectivity index (χ2n) is 5.77. The molecule has 0 aromatic heterocycles. The summed E-state index contributed by atoms with van der Waals surface area (Å²) in [5.74, 6) is 0.0405. The SMILES string of the molecule is CN(C)c1ccc(C(=O)NCC2CCCCC2)cc1F. The molecule has 3 nitrogen and oxygen atoms in total. The molecule has 0 heterocycles. The summed E-state index contributed by atoms with van der Waals surface area (Å²) >= 11 is 0. The van der Waals surface area contributed by atoms with Crippen LogP contribution in [0.25, 0.3) is 0 Å². The van der Waals surface area contributed by atoms with Gasteiger partial charge in [0.05, 0.1) is 5.69 Å². The molecule has 0 radical (unpaired) electrons. The van der Waals surface area contributed by atoms with Gasteiger partial charge in [-0.2, -0.15) is 0 Å². The van der Waals surface area contributed by atoms with Crippen LogP contribution in [-0.2, 0) is 0 Å². The van der Waals surface area contributed by atoms with Crippen LogP contribution in [0.3, 0.4) is 0 Å². The van der Waals surface area contributed by atoms with Crippen LogP contribution >= 0.6 is 0 Å². The van der Waals surface area contributed by atoms with Crippen LogP contribution in [0.15, 0.2) is 18.2 Å². The average Bonchev–Trinajstić information content (AvgIpc) is 2.45. The Morgan fingerprint density at radius 2 is 2.00 bits per heavy atom. The molecule has 0 atom stereocenters. The average molecular weight is 278 g/mol. The van der Waals surface area contributed by atoms with Crippen LogP contribution in [0, 0.1) is 11.7 Å². The fourth-order valence-corrected chi connectivity index (χ4v) is 2.74. The molecule has 0 unspecified atom stereocenters. The predicted octanol–water partition coefficient (Wildman–Crippen LogP) is 3.20. The summed E-state index contributed by atoms with van der Waals surface area (Å²) in [6.45, 7) is 0.704. The lowest BCUT2D eigenvalue weighted by Gasteiger charge is -2.21. The summed E-state index contributed by atoms with van der Waals surface area (Å²) in [6, 6.07) is 4.63. The maximum atomic E-state index is 13.8. The molecule has 0 spiro atoms. The zero-order valence-electron chi connectivity index (χ0n) is 12.3. The first kappa shape index (κ1) is 14.8. The third kappa shape index (κ3) is 3.71. The fraction of sp³-hybridized carbons (Fsp3) is 0.562. The zero-order valence-corrected chi connectivity index (χ0v) is 12.3. The second kappa shape index (κ2) is 6.73. The van der Waals surface area contributed by atoms with Gasteiger partial charge in [-0.25, -0.2) is 4.39 Å². The molecule has 1 fully saturated rings. The molecule has 0 saturated heterocycles. The highest BCUT2D eigenvalue weighted by atomic mass is 19.1. The van der Waals surface area contributed by atoms with Gasteiger partial charge in [0.2, 0.25) is 0 Å². The Morgan fingerprint density at radius 1 is 1.30 bits per heavy atom. The minimum Gasteiger partial charge on any atom is -0.375 e. The number of benzene rings is 1. The molecular formula is C16H23FN2O. The normalized spacial score (nSPS) is 15.9. The van der Waals surface area contributed by atoms with Gasteiger partial charge in [-0.1, -0.05) is 19.3 Å². The Bertz CT molecular complexity index is 468. The number of anilines is 1. The van der Waals surface area contributed by atoms with Crippen LogP contribution in [0.4, 0.5) is 10.1 Å². The van der Waals surface area contributed by atoms with E-state index in [-0.39, 0.29) is 11.7 Å². The van der Waals surface area contributed by atoms with Gasteiger partial charge < -0.3 is 10.2 Å². The zero-order chi connectivity index (χ0) is 14.5. The van der Waals surface area contributed by atoms with Crippen LogP contribution in [-0.4, -0.2) is 26.5 Å². The Labute approximate surface area is 120 Å². The van der Waals surface area contributed by atoms with Crippen LogP contribution in [0.5, 0.6) is 0 Å². The predicted molar refractivity (Wildman–Crippen MR) is 79.6 cm³/mol. The van der Waals surface area contributed by atoms with Gasteiger partial charge in [-0.15, -0.1) is 0 Å². The molecule has 20 heavy (non-hydrogen) atoms. The summed E-state index contributed by atoms with van der Waals surface area (Å²) < 4.78 is 13.8. The molecule has 1 saturated carbocycles. The van der Waals surface area contributed by atoms with Gasteiger partial charge >= 0.3 is 0 Å². The quantitative estimate of drug-likeness (QED) is 0.917. The van der Waals surface area contributed by atoms with Crippen molar-refractivity contribution in [3.05, 3.63) is 29.6 Å². The first-order chi connectivity index (χ1) is 9.58.